The van der Waals surface area contributed by atoms with Crippen LogP contribution in [0, 0.1) is 5.41 Å². The zero-order valence-electron chi connectivity index (χ0n) is 14.5. The lowest BCUT2D eigenvalue weighted by atomic mass is 9.69. The third-order valence-electron chi connectivity index (χ3n) is 5.87. The van der Waals surface area contributed by atoms with Crippen LogP contribution in [0.5, 0.6) is 0 Å². The molecule has 0 N–H and O–H groups in total. The van der Waals surface area contributed by atoms with Gasteiger partial charge in [0.25, 0.3) is 0 Å². The summed E-state index contributed by atoms with van der Waals surface area (Å²) in [4.78, 5) is 14.6. The Hall–Kier alpha value is -2.29. The van der Waals surface area contributed by atoms with Crippen LogP contribution in [0.15, 0.2) is 42.5 Å². The number of hydrogen-bond donors (Lipinski definition) is 0. The summed E-state index contributed by atoms with van der Waals surface area (Å²) in [6, 6.07) is 8.71. The summed E-state index contributed by atoms with van der Waals surface area (Å²) in [5.74, 6) is -0.125. The van der Waals surface area contributed by atoms with Crippen LogP contribution in [0.3, 0.4) is 0 Å². The van der Waals surface area contributed by atoms with Gasteiger partial charge in [0.2, 0.25) is 5.91 Å². The topological polar surface area (TPSA) is 25.2 Å². The number of carbonyl (C=O) groups is 1. The van der Waals surface area contributed by atoms with Crippen LogP contribution in [0.4, 0.5) is 0 Å². The van der Waals surface area contributed by atoms with Gasteiger partial charge in [-0.05, 0) is 31.4 Å². The molecule has 1 aromatic heterocycles. The Labute approximate surface area is 137 Å². The van der Waals surface area contributed by atoms with E-state index in [1.165, 1.54) is 27.9 Å². The molecule has 0 radical (unpaired) electrons. The quantitative estimate of drug-likeness (QED) is 0.784. The standard InChI is InChI=1S/C20H20N2O/c1-3-20-10-8-17(23)21-11-9-15-14-6-4-5-7-16(14)22(13(2)12-20)18(15)19(20)21/h4-8,10,12,19H,3,9,11H2,1-2H3/t19-,20+/m1/s1/i8D. The van der Waals surface area contributed by atoms with Gasteiger partial charge in [0.15, 0.2) is 0 Å². The molecule has 0 unspecified atom stereocenters. The Morgan fingerprint density at radius 3 is 3.04 bits per heavy atom. The molecule has 0 bridgehead atoms. The molecule has 1 amide bonds. The number of hydrogen-bond acceptors (Lipinski definition) is 1. The van der Waals surface area contributed by atoms with E-state index in [9.17, 15) is 4.79 Å². The molecule has 2 atom stereocenters. The van der Waals surface area contributed by atoms with Crippen molar-refractivity contribution in [1.82, 2.24) is 9.47 Å². The van der Waals surface area contributed by atoms with Crippen LogP contribution in [0.1, 0.15) is 38.9 Å². The van der Waals surface area contributed by atoms with E-state index in [0.717, 1.165) is 12.8 Å². The summed E-state index contributed by atoms with van der Waals surface area (Å²) >= 11 is 0. The fourth-order valence-corrected chi connectivity index (χ4v) is 4.86. The maximum Gasteiger partial charge on any atom is 0.246 e. The van der Waals surface area contributed by atoms with Crippen molar-refractivity contribution in [3.8, 4) is 0 Å². The van der Waals surface area contributed by atoms with E-state index in [2.05, 4.69) is 48.8 Å². The van der Waals surface area contributed by atoms with E-state index in [1.54, 1.807) is 0 Å². The minimum absolute atomic E-state index is 0.0175. The first-order valence-corrected chi connectivity index (χ1v) is 8.40. The molecule has 3 heteroatoms. The lowest BCUT2D eigenvalue weighted by Gasteiger charge is -2.50. The Morgan fingerprint density at radius 2 is 2.22 bits per heavy atom. The number of amides is 1. The van der Waals surface area contributed by atoms with Crippen LogP contribution < -0.4 is 0 Å². The molecule has 116 valence electrons. The van der Waals surface area contributed by atoms with E-state index in [0.29, 0.717) is 6.54 Å². The van der Waals surface area contributed by atoms with Gasteiger partial charge in [0.1, 0.15) is 0 Å². The number of benzene rings is 1. The number of allylic oxidation sites excluding steroid dienone is 1. The Kier molecular flexibility index (Phi) is 2.20. The predicted molar refractivity (Wildman–Crippen MR) is 91.9 cm³/mol. The van der Waals surface area contributed by atoms with Crippen LogP contribution >= 0.6 is 0 Å². The van der Waals surface area contributed by atoms with Gasteiger partial charge in [-0.15, -0.1) is 0 Å². The molecule has 0 saturated carbocycles. The van der Waals surface area contributed by atoms with Crippen molar-refractivity contribution >= 4 is 22.5 Å². The number of rotatable bonds is 1. The number of para-hydroxylation sites is 1. The highest BCUT2D eigenvalue weighted by Crippen LogP contribution is 2.55. The number of carbonyl (C=O) groups excluding carboxylic acids is 1. The smallest absolute Gasteiger partial charge is 0.246 e. The fraction of sp³-hybridized carbons (Fsp3) is 0.350. The Morgan fingerprint density at radius 1 is 1.39 bits per heavy atom. The lowest BCUT2D eigenvalue weighted by Crippen LogP contribution is -2.50. The number of aromatic nitrogens is 1. The maximum absolute atomic E-state index is 12.6. The average molecular weight is 305 g/mol. The molecule has 4 heterocycles. The van der Waals surface area contributed by atoms with Gasteiger partial charge >= 0.3 is 0 Å². The minimum Gasteiger partial charge on any atom is -0.329 e. The summed E-state index contributed by atoms with van der Waals surface area (Å²) < 4.78 is 10.5. The van der Waals surface area contributed by atoms with Crippen LogP contribution in [0.25, 0.3) is 16.6 Å². The maximum atomic E-state index is 12.6. The van der Waals surface area contributed by atoms with Gasteiger partial charge in [0.05, 0.1) is 18.6 Å². The SMILES string of the molecule is [2H]C1=C[C@@]2(CC)C=C(C)n3c4c(c5ccccc53)CCN(C1=O)[C@H]42. The second kappa shape index (κ2) is 4.16. The van der Waals surface area contributed by atoms with E-state index >= 15 is 0 Å². The van der Waals surface area contributed by atoms with E-state index < -0.39 is 0 Å². The first kappa shape index (κ1) is 12.2. The number of fused-ring (bicyclic) bond motifs is 3. The van der Waals surface area contributed by atoms with Crippen molar-refractivity contribution in [1.29, 1.82) is 0 Å². The summed E-state index contributed by atoms with van der Waals surface area (Å²) in [6.07, 6.45) is 5.93. The normalized spacial score (nSPS) is 29.1. The average Bonchev–Trinajstić information content (AvgIpc) is 2.93. The molecule has 0 spiro atoms. The first-order valence-electron chi connectivity index (χ1n) is 8.90. The minimum atomic E-state index is -0.255. The molecule has 23 heavy (non-hydrogen) atoms. The zero-order valence-corrected chi connectivity index (χ0v) is 13.5. The van der Waals surface area contributed by atoms with Crippen molar-refractivity contribution in [2.24, 2.45) is 5.41 Å². The van der Waals surface area contributed by atoms with Gasteiger partial charge in [-0.1, -0.05) is 37.3 Å². The van der Waals surface area contributed by atoms with Gasteiger partial charge in [-0.3, -0.25) is 4.79 Å². The van der Waals surface area contributed by atoms with Crippen molar-refractivity contribution in [2.75, 3.05) is 6.54 Å². The summed E-state index contributed by atoms with van der Waals surface area (Å²) in [5, 5.41) is 1.31. The summed E-state index contributed by atoms with van der Waals surface area (Å²) in [6.45, 7) is 5.01. The Balaban J connectivity index is 1.93. The molecule has 5 rings (SSSR count). The highest BCUT2D eigenvalue weighted by Gasteiger charge is 2.49. The Bertz CT molecular complexity index is 967. The molecular weight excluding hydrogens is 284 g/mol. The highest BCUT2D eigenvalue weighted by molar-refractivity contribution is 5.94. The largest absolute Gasteiger partial charge is 0.329 e. The fourth-order valence-electron chi connectivity index (χ4n) is 4.86. The molecule has 0 saturated heterocycles. The highest BCUT2D eigenvalue weighted by atomic mass is 16.2. The molecular formula is C20H20N2O. The molecule has 0 fully saturated rings. The van der Waals surface area contributed by atoms with E-state index in [1.807, 2.05) is 11.0 Å². The molecule has 2 aromatic rings. The third kappa shape index (κ3) is 1.43. The van der Waals surface area contributed by atoms with Gasteiger partial charge in [-0.2, -0.15) is 0 Å². The molecule has 3 nitrogen and oxygen atoms in total. The molecule has 0 aliphatic carbocycles. The summed E-state index contributed by atoms with van der Waals surface area (Å²) in [5.41, 5.74) is 4.82. The molecule has 1 aromatic carbocycles. The van der Waals surface area contributed by atoms with Crippen molar-refractivity contribution in [3.05, 3.63) is 53.7 Å². The molecule has 3 aliphatic heterocycles. The van der Waals surface area contributed by atoms with E-state index in [4.69, 9.17) is 1.37 Å². The zero-order chi connectivity index (χ0) is 16.6. The monoisotopic (exact) mass is 305 g/mol. The molecule has 3 aliphatic rings. The third-order valence-corrected chi connectivity index (χ3v) is 5.87. The van der Waals surface area contributed by atoms with Gasteiger partial charge < -0.3 is 9.47 Å². The van der Waals surface area contributed by atoms with Crippen molar-refractivity contribution in [2.45, 2.75) is 32.7 Å². The van der Waals surface area contributed by atoms with Crippen LogP contribution in [-0.4, -0.2) is 21.9 Å². The van der Waals surface area contributed by atoms with Crippen molar-refractivity contribution < 1.29 is 6.17 Å². The summed E-state index contributed by atoms with van der Waals surface area (Å²) in [7, 11) is 0. The number of nitrogens with zero attached hydrogens (tertiary/aromatic N) is 2. The lowest BCUT2D eigenvalue weighted by molar-refractivity contribution is -0.132. The van der Waals surface area contributed by atoms with Gasteiger partial charge in [-0.25, -0.2) is 0 Å². The van der Waals surface area contributed by atoms with Crippen molar-refractivity contribution in [3.63, 3.8) is 0 Å². The first-order chi connectivity index (χ1) is 11.6. The van der Waals surface area contributed by atoms with Crippen LogP contribution in [0.2, 0.25) is 0 Å². The second-order valence-corrected chi connectivity index (χ2v) is 6.91. The predicted octanol–water partition coefficient (Wildman–Crippen LogP) is 3.91. The van der Waals surface area contributed by atoms with Crippen LogP contribution in [-0.2, 0) is 11.2 Å². The second-order valence-electron chi connectivity index (χ2n) is 6.91. The van der Waals surface area contributed by atoms with E-state index in [-0.39, 0.29) is 23.4 Å². The van der Waals surface area contributed by atoms with Gasteiger partial charge in [0, 0.05) is 29.1 Å².